The van der Waals surface area contributed by atoms with Gasteiger partial charge >= 0.3 is 0 Å². The van der Waals surface area contributed by atoms with E-state index in [1.165, 1.54) is 45.2 Å². The molecular weight excluding hydrogens is 338 g/mol. The predicted octanol–water partition coefficient (Wildman–Crippen LogP) is 2.45. The Hall–Kier alpha value is -1.59. The summed E-state index contributed by atoms with van der Waals surface area (Å²) in [6.07, 6.45) is 6.70. The van der Waals surface area contributed by atoms with Crippen LogP contribution in [0.15, 0.2) is 24.3 Å². The number of hydrogen-bond acceptors (Lipinski definition) is 4. The second kappa shape index (κ2) is 8.19. The SMILES string of the molecule is CN(CCO)c1ccc(C(=O)N2C[C@@H]3CC[C@H](C2)N(CC2CCC2)C3)cc1. The third-order valence-corrected chi connectivity index (χ3v) is 6.82. The molecule has 0 radical (unpaired) electrons. The van der Waals surface area contributed by atoms with Crippen molar-refractivity contribution < 1.29 is 9.90 Å². The maximum Gasteiger partial charge on any atom is 0.253 e. The highest BCUT2D eigenvalue weighted by Crippen LogP contribution is 2.33. The Balaban J connectivity index is 1.41. The van der Waals surface area contributed by atoms with Gasteiger partial charge in [0, 0.05) is 57.1 Å². The Bertz CT molecular complexity index is 643. The van der Waals surface area contributed by atoms with E-state index in [4.69, 9.17) is 5.11 Å². The summed E-state index contributed by atoms with van der Waals surface area (Å²) in [6.45, 7) is 4.94. The molecule has 1 aromatic carbocycles. The van der Waals surface area contributed by atoms with E-state index in [-0.39, 0.29) is 12.5 Å². The number of rotatable bonds is 6. The molecule has 5 nitrogen and oxygen atoms in total. The largest absolute Gasteiger partial charge is 0.395 e. The molecule has 3 heterocycles. The molecule has 5 rings (SSSR count). The Morgan fingerprint density at radius 1 is 1.11 bits per heavy atom. The fourth-order valence-corrected chi connectivity index (χ4v) is 4.90. The van der Waals surface area contributed by atoms with Gasteiger partial charge in [-0.3, -0.25) is 9.69 Å². The van der Waals surface area contributed by atoms with Gasteiger partial charge in [-0.25, -0.2) is 0 Å². The molecule has 3 aliphatic heterocycles. The molecule has 148 valence electrons. The smallest absolute Gasteiger partial charge is 0.253 e. The van der Waals surface area contributed by atoms with Crippen molar-refractivity contribution in [1.82, 2.24) is 9.80 Å². The first-order valence-corrected chi connectivity index (χ1v) is 10.6. The van der Waals surface area contributed by atoms with E-state index in [1.807, 2.05) is 36.2 Å². The molecular formula is C22H33N3O2. The van der Waals surface area contributed by atoms with Crippen LogP contribution in [0.3, 0.4) is 0 Å². The number of fused-ring (bicyclic) bond motifs is 4. The summed E-state index contributed by atoms with van der Waals surface area (Å²) in [5.74, 6) is 1.70. The lowest BCUT2D eigenvalue weighted by atomic mass is 9.83. The summed E-state index contributed by atoms with van der Waals surface area (Å²) in [7, 11) is 1.95. The predicted molar refractivity (Wildman–Crippen MR) is 108 cm³/mol. The fraction of sp³-hybridized carbons (Fsp3) is 0.682. The van der Waals surface area contributed by atoms with Crippen molar-refractivity contribution in [3.63, 3.8) is 0 Å². The summed E-state index contributed by atoms with van der Waals surface area (Å²) >= 11 is 0. The number of carbonyl (C=O) groups is 1. The minimum atomic E-state index is 0.130. The standard InChI is InChI=1S/C22H33N3O2/c1-23(11-12-26)20-9-6-19(7-10-20)22(27)25-15-18-5-8-21(16-25)24(14-18)13-17-3-2-4-17/h6-7,9-10,17-18,21,26H,2-5,8,11-16H2,1H3/t18-,21-/m1/s1. The summed E-state index contributed by atoms with van der Waals surface area (Å²) in [5.41, 5.74) is 1.81. The Morgan fingerprint density at radius 3 is 2.56 bits per heavy atom. The quantitative estimate of drug-likeness (QED) is 0.834. The minimum Gasteiger partial charge on any atom is -0.395 e. The number of aliphatic hydroxyl groups is 1. The fourth-order valence-electron chi connectivity index (χ4n) is 4.90. The van der Waals surface area contributed by atoms with Crippen molar-refractivity contribution in [2.24, 2.45) is 11.8 Å². The first-order chi connectivity index (χ1) is 13.1. The van der Waals surface area contributed by atoms with Crippen molar-refractivity contribution in [2.75, 3.05) is 51.3 Å². The van der Waals surface area contributed by atoms with E-state index >= 15 is 0 Å². The summed E-state index contributed by atoms with van der Waals surface area (Å²) in [5, 5.41) is 9.08. The van der Waals surface area contributed by atoms with E-state index in [0.29, 0.717) is 18.5 Å². The second-order valence-electron chi connectivity index (χ2n) is 8.75. The number of piperidine rings is 1. The molecule has 2 bridgehead atoms. The third kappa shape index (κ3) is 4.14. The van der Waals surface area contributed by atoms with Gasteiger partial charge < -0.3 is 14.9 Å². The monoisotopic (exact) mass is 371 g/mol. The summed E-state index contributed by atoms with van der Waals surface area (Å²) in [4.78, 5) is 19.9. The number of aliphatic hydroxyl groups excluding tert-OH is 1. The lowest BCUT2D eigenvalue weighted by Gasteiger charge is -2.40. The Labute approximate surface area is 162 Å². The van der Waals surface area contributed by atoms with Gasteiger partial charge in [0.25, 0.3) is 5.91 Å². The lowest BCUT2D eigenvalue weighted by molar-refractivity contribution is 0.0717. The lowest BCUT2D eigenvalue weighted by Crippen LogP contribution is -2.47. The molecule has 4 aliphatic rings. The molecule has 1 saturated carbocycles. The van der Waals surface area contributed by atoms with Crippen molar-refractivity contribution >= 4 is 11.6 Å². The normalized spacial score (nSPS) is 25.9. The van der Waals surface area contributed by atoms with Gasteiger partial charge in [0.2, 0.25) is 0 Å². The molecule has 1 amide bonds. The first-order valence-electron chi connectivity index (χ1n) is 10.6. The maximum absolute atomic E-state index is 13.1. The van der Waals surface area contributed by atoms with E-state index in [2.05, 4.69) is 9.80 Å². The van der Waals surface area contributed by atoms with Crippen molar-refractivity contribution in [1.29, 1.82) is 0 Å². The van der Waals surface area contributed by atoms with Crippen molar-refractivity contribution in [2.45, 2.75) is 38.1 Å². The van der Waals surface area contributed by atoms with E-state index in [9.17, 15) is 4.79 Å². The van der Waals surface area contributed by atoms with Crippen LogP contribution in [0.4, 0.5) is 5.69 Å². The zero-order chi connectivity index (χ0) is 18.8. The number of carbonyl (C=O) groups excluding carboxylic acids is 1. The molecule has 2 atom stereocenters. The topological polar surface area (TPSA) is 47.0 Å². The van der Waals surface area contributed by atoms with Crippen LogP contribution in [0, 0.1) is 11.8 Å². The minimum absolute atomic E-state index is 0.130. The average Bonchev–Trinajstić information content (AvgIpc) is 2.96. The van der Waals surface area contributed by atoms with Gasteiger partial charge in [-0.2, -0.15) is 0 Å². The van der Waals surface area contributed by atoms with Gasteiger partial charge in [-0.05, 0) is 61.8 Å². The van der Waals surface area contributed by atoms with Gasteiger partial charge in [0.1, 0.15) is 0 Å². The van der Waals surface area contributed by atoms with Gasteiger partial charge in [0.05, 0.1) is 6.61 Å². The van der Waals surface area contributed by atoms with E-state index in [1.54, 1.807) is 0 Å². The van der Waals surface area contributed by atoms with Crippen molar-refractivity contribution in [3.05, 3.63) is 29.8 Å². The van der Waals surface area contributed by atoms with Crippen LogP contribution in [0.2, 0.25) is 0 Å². The molecule has 1 aliphatic carbocycles. The van der Waals surface area contributed by atoms with E-state index in [0.717, 1.165) is 30.3 Å². The van der Waals surface area contributed by atoms with Crippen LogP contribution in [0.1, 0.15) is 42.5 Å². The molecule has 3 saturated heterocycles. The molecule has 27 heavy (non-hydrogen) atoms. The Morgan fingerprint density at radius 2 is 1.89 bits per heavy atom. The number of hydrogen-bond donors (Lipinski definition) is 1. The number of benzene rings is 1. The van der Waals surface area contributed by atoms with E-state index < -0.39 is 0 Å². The average molecular weight is 372 g/mol. The van der Waals surface area contributed by atoms with Gasteiger partial charge in [0.15, 0.2) is 0 Å². The highest BCUT2D eigenvalue weighted by molar-refractivity contribution is 5.94. The number of amides is 1. The number of anilines is 1. The van der Waals surface area contributed by atoms with Crippen molar-refractivity contribution in [3.8, 4) is 0 Å². The molecule has 1 aromatic rings. The van der Waals surface area contributed by atoms with Crippen LogP contribution >= 0.6 is 0 Å². The van der Waals surface area contributed by atoms with Gasteiger partial charge in [-0.1, -0.05) is 6.42 Å². The molecule has 0 aromatic heterocycles. The highest BCUT2D eigenvalue weighted by Gasteiger charge is 2.37. The second-order valence-corrected chi connectivity index (χ2v) is 8.75. The summed E-state index contributed by atoms with van der Waals surface area (Å²) in [6, 6.07) is 8.38. The molecule has 4 fully saturated rings. The highest BCUT2D eigenvalue weighted by atomic mass is 16.3. The number of likely N-dealkylation sites (N-methyl/N-ethyl adjacent to an activating group) is 1. The molecule has 1 N–H and O–H groups in total. The van der Waals surface area contributed by atoms with Crippen LogP contribution in [0.25, 0.3) is 0 Å². The third-order valence-electron chi connectivity index (χ3n) is 6.82. The van der Waals surface area contributed by atoms with Crippen LogP contribution in [-0.2, 0) is 0 Å². The first kappa shape index (κ1) is 18.8. The van der Waals surface area contributed by atoms with Crippen LogP contribution in [0.5, 0.6) is 0 Å². The van der Waals surface area contributed by atoms with Crippen LogP contribution < -0.4 is 4.90 Å². The zero-order valence-electron chi connectivity index (χ0n) is 16.5. The summed E-state index contributed by atoms with van der Waals surface area (Å²) < 4.78 is 0. The molecule has 0 spiro atoms. The van der Waals surface area contributed by atoms with Crippen LogP contribution in [-0.4, -0.2) is 73.2 Å². The van der Waals surface area contributed by atoms with Gasteiger partial charge in [-0.15, -0.1) is 0 Å². The zero-order valence-corrected chi connectivity index (χ0v) is 16.5. The number of nitrogens with zero attached hydrogens (tertiary/aromatic N) is 3. The maximum atomic E-state index is 13.1. The molecule has 0 unspecified atom stereocenters. The Kier molecular flexibility index (Phi) is 5.69. The molecule has 5 heteroatoms.